The number of likely N-dealkylation sites (N-methyl/N-ethyl adjacent to an activating group) is 1. The van der Waals surface area contributed by atoms with Crippen LogP contribution in [0, 0.1) is 0 Å². The molecular formula is C21H24N2O3S. The molecule has 1 aliphatic heterocycles. The minimum atomic E-state index is -0.255. The average molecular weight is 385 g/mol. The number of hydrogen-bond donors (Lipinski definition) is 0. The molecule has 0 atom stereocenters. The minimum Gasteiger partial charge on any atom is -0.377 e. The van der Waals surface area contributed by atoms with Crippen LogP contribution in [-0.2, 0) is 20.9 Å². The van der Waals surface area contributed by atoms with Crippen LogP contribution in [0.25, 0.3) is 5.57 Å². The van der Waals surface area contributed by atoms with E-state index < -0.39 is 0 Å². The second-order valence-electron chi connectivity index (χ2n) is 6.72. The Morgan fingerprint density at radius 3 is 2.44 bits per heavy atom. The van der Waals surface area contributed by atoms with Gasteiger partial charge < -0.3 is 9.64 Å². The third kappa shape index (κ3) is 4.28. The van der Waals surface area contributed by atoms with Gasteiger partial charge in [0, 0.05) is 18.5 Å². The van der Waals surface area contributed by atoms with Gasteiger partial charge in [-0.25, -0.2) is 0 Å². The monoisotopic (exact) mass is 384 g/mol. The molecule has 142 valence electrons. The SMILES string of the molecule is CC(C)OCCN1C(=O)C(c2cccs2)=C(N(C)Cc2ccccc2)C1=O. The molecule has 2 amide bonds. The fourth-order valence-corrected chi connectivity index (χ4v) is 3.84. The zero-order valence-corrected chi connectivity index (χ0v) is 16.7. The largest absolute Gasteiger partial charge is 0.377 e. The molecule has 27 heavy (non-hydrogen) atoms. The smallest absolute Gasteiger partial charge is 0.277 e. The van der Waals surface area contributed by atoms with E-state index in [1.807, 2.05) is 73.6 Å². The molecule has 6 heteroatoms. The van der Waals surface area contributed by atoms with Crippen molar-refractivity contribution in [3.05, 3.63) is 64.0 Å². The first-order chi connectivity index (χ1) is 13.0. The molecule has 1 aromatic heterocycles. The topological polar surface area (TPSA) is 49.9 Å². The summed E-state index contributed by atoms with van der Waals surface area (Å²) in [7, 11) is 1.86. The Morgan fingerprint density at radius 1 is 1.07 bits per heavy atom. The highest BCUT2D eigenvalue weighted by Gasteiger charge is 2.40. The highest BCUT2D eigenvalue weighted by molar-refractivity contribution is 7.11. The molecule has 2 aromatic rings. The summed E-state index contributed by atoms with van der Waals surface area (Å²) in [5.74, 6) is -0.501. The second-order valence-corrected chi connectivity index (χ2v) is 7.67. The molecule has 0 saturated carbocycles. The van der Waals surface area contributed by atoms with E-state index in [-0.39, 0.29) is 24.5 Å². The van der Waals surface area contributed by atoms with Gasteiger partial charge in [-0.1, -0.05) is 36.4 Å². The number of rotatable bonds is 8. The van der Waals surface area contributed by atoms with E-state index in [2.05, 4.69) is 0 Å². The van der Waals surface area contributed by atoms with Crippen molar-refractivity contribution < 1.29 is 14.3 Å². The van der Waals surface area contributed by atoms with Crippen LogP contribution >= 0.6 is 11.3 Å². The Hall–Kier alpha value is -2.44. The highest BCUT2D eigenvalue weighted by Crippen LogP contribution is 2.33. The van der Waals surface area contributed by atoms with Crippen LogP contribution in [0.4, 0.5) is 0 Å². The summed E-state index contributed by atoms with van der Waals surface area (Å²) in [6, 6.07) is 13.7. The molecule has 2 heterocycles. The van der Waals surface area contributed by atoms with E-state index in [0.717, 1.165) is 10.4 Å². The molecule has 0 radical (unpaired) electrons. The second kappa shape index (κ2) is 8.50. The fourth-order valence-electron chi connectivity index (χ4n) is 3.08. The Balaban J connectivity index is 1.88. The van der Waals surface area contributed by atoms with Crippen molar-refractivity contribution in [2.45, 2.75) is 26.5 Å². The summed E-state index contributed by atoms with van der Waals surface area (Å²) < 4.78 is 5.54. The number of carbonyl (C=O) groups excluding carboxylic acids is 2. The van der Waals surface area contributed by atoms with E-state index in [9.17, 15) is 9.59 Å². The average Bonchev–Trinajstić information content (AvgIpc) is 3.24. The third-order valence-corrected chi connectivity index (χ3v) is 5.21. The molecule has 0 saturated heterocycles. The molecule has 0 N–H and O–H groups in total. The van der Waals surface area contributed by atoms with Crippen molar-refractivity contribution in [2.75, 3.05) is 20.2 Å². The normalized spacial score (nSPS) is 14.6. The zero-order valence-electron chi connectivity index (χ0n) is 15.8. The summed E-state index contributed by atoms with van der Waals surface area (Å²) in [6.07, 6.45) is 0.0581. The van der Waals surface area contributed by atoms with E-state index in [1.54, 1.807) is 0 Å². The molecule has 1 aromatic carbocycles. The van der Waals surface area contributed by atoms with Gasteiger partial charge in [-0.2, -0.15) is 0 Å². The van der Waals surface area contributed by atoms with Crippen molar-refractivity contribution in [2.24, 2.45) is 0 Å². The van der Waals surface area contributed by atoms with Crippen LogP contribution in [0.1, 0.15) is 24.3 Å². The summed E-state index contributed by atoms with van der Waals surface area (Å²) in [5, 5.41) is 1.92. The first-order valence-electron chi connectivity index (χ1n) is 9.00. The van der Waals surface area contributed by atoms with Gasteiger partial charge in [-0.3, -0.25) is 14.5 Å². The standard InChI is InChI=1S/C21H24N2O3S/c1-15(2)26-12-11-23-20(24)18(17-10-7-13-27-17)19(21(23)25)22(3)14-16-8-5-4-6-9-16/h4-10,13,15H,11-12,14H2,1-3H3. The van der Waals surface area contributed by atoms with Crippen molar-refractivity contribution in [3.63, 3.8) is 0 Å². The number of amides is 2. The number of benzene rings is 1. The third-order valence-electron chi connectivity index (χ3n) is 4.32. The van der Waals surface area contributed by atoms with Gasteiger partial charge >= 0.3 is 0 Å². The van der Waals surface area contributed by atoms with E-state index in [0.29, 0.717) is 24.4 Å². The quantitative estimate of drug-likeness (QED) is 0.655. The van der Waals surface area contributed by atoms with Crippen LogP contribution in [0.3, 0.4) is 0 Å². The molecule has 0 spiro atoms. The molecule has 0 bridgehead atoms. The van der Waals surface area contributed by atoms with Crippen LogP contribution in [0.15, 0.2) is 53.5 Å². The Morgan fingerprint density at radius 2 is 1.81 bits per heavy atom. The summed E-state index contributed by atoms with van der Waals surface area (Å²) in [4.78, 5) is 30.1. The van der Waals surface area contributed by atoms with Gasteiger partial charge in [0.1, 0.15) is 5.70 Å². The van der Waals surface area contributed by atoms with E-state index >= 15 is 0 Å². The number of thiophene rings is 1. The van der Waals surface area contributed by atoms with Gasteiger partial charge in [0.25, 0.3) is 11.8 Å². The van der Waals surface area contributed by atoms with Gasteiger partial charge in [-0.05, 0) is 30.9 Å². The van der Waals surface area contributed by atoms with E-state index in [1.165, 1.54) is 16.2 Å². The number of carbonyl (C=O) groups is 2. The number of ether oxygens (including phenoxy) is 1. The molecular weight excluding hydrogens is 360 g/mol. The minimum absolute atomic E-state index is 0.0581. The maximum Gasteiger partial charge on any atom is 0.277 e. The molecule has 0 unspecified atom stereocenters. The van der Waals surface area contributed by atoms with Crippen molar-refractivity contribution >= 4 is 28.7 Å². The lowest BCUT2D eigenvalue weighted by molar-refractivity contribution is -0.138. The Bertz CT molecular complexity index is 828. The molecule has 0 aliphatic carbocycles. The lowest BCUT2D eigenvalue weighted by atomic mass is 10.1. The maximum absolute atomic E-state index is 13.1. The molecule has 5 nitrogen and oxygen atoms in total. The van der Waals surface area contributed by atoms with Gasteiger partial charge in [0.2, 0.25) is 0 Å². The van der Waals surface area contributed by atoms with Crippen molar-refractivity contribution in [1.82, 2.24) is 9.80 Å². The summed E-state index contributed by atoms with van der Waals surface area (Å²) >= 11 is 1.47. The first kappa shape index (κ1) is 19.3. The van der Waals surface area contributed by atoms with Gasteiger partial charge in [-0.15, -0.1) is 11.3 Å². The van der Waals surface area contributed by atoms with Gasteiger partial charge in [0.05, 0.1) is 24.8 Å². The predicted octanol–water partition coefficient (Wildman–Crippen LogP) is 3.39. The van der Waals surface area contributed by atoms with Gasteiger partial charge in [0.15, 0.2) is 0 Å². The van der Waals surface area contributed by atoms with Crippen LogP contribution in [-0.4, -0.2) is 47.9 Å². The fraction of sp³-hybridized carbons (Fsp3) is 0.333. The molecule has 0 fully saturated rings. The van der Waals surface area contributed by atoms with Crippen molar-refractivity contribution in [3.8, 4) is 0 Å². The molecule has 3 rings (SSSR count). The number of hydrogen-bond acceptors (Lipinski definition) is 5. The Labute approximate surface area is 163 Å². The lowest BCUT2D eigenvalue weighted by Crippen LogP contribution is -2.37. The predicted molar refractivity (Wildman–Crippen MR) is 107 cm³/mol. The Kier molecular flexibility index (Phi) is 6.08. The highest BCUT2D eigenvalue weighted by atomic mass is 32.1. The summed E-state index contributed by atoms with van der Waals surface area (Å²) in [5.41, 5.74) is 2.02. The number of imide groups is 1. The lowest BCUT2D eigenvalue weighted by Gasteiger charge is -2.21. The van der Waals surface area contributed by atoms with E-state index in [4.69, 9.17) is 4.74 Å². The van der Waals surface area contributed by atoms with Crippen LogP contribution in [0.2, 0.25) is 0 Å². The molecule has 1 aliphatic rings. The zero-order chi connectivity index (χ0) is 19.4. The number of nitrogens with zero attached hydrogens (tertiary/aromatic N) is 2. The first-order valence-corrected chi connectivity index (χ1v) is 9.88. The maximum atomic E-state index is 13.1. The van der Waals surface area contributed by atoms with Crippen LogP contribution in [0.5, 0.6) is 0 Å². The van der Waals surface area contributed by atoms with Crippen LogP contribution < -0.4 is 0 Å². The summed E-state index contributed by atoms with van der Waals surface area (Å²) in [6.45, 7) is 5.01. The van der Waals surface area contributed by atoms with Crippen molar-refractivity contribution in [1.29, 1.82) is 0 Å².